The number of nitrogens with zero attached hydrogens (tertiary/aromatic N) is 9. The van der Waals surface area contributed by atoms with Gasteiger partial charge in [-0.2, -0.15) is 35.7 Å². The van der Waals surface area contributed by atoms with Gasteiger partial charge in [0.25, 0.3) is 0 Å². The van der Waals surface area contributed by atoms with Crippen LogP contribution in [-0.4, -0.2) is 134 Å². The third kappa shape index (κ3) is 13.1. The minimum absolute atomic E-state index is 0.127. The predicted molar refractivity (Wildman–Crippen MR) is 261 cm³/mol. The second kappa shape index (κ2) is 22.6. The van der Waals surface area contributed by atoms with Crippen molar-refractivity contribution in [3.05, 3.63) is 78.8 Å². The summed E-state index contributed by atoms with van der Waals surface area (Å²) in [6, 6.07) is 12.2. The number of nitrogens with one attached hydrogen (secondary N) is 3. The number of fused-ring (bicyclic) bond motifs is 1. The number of benzene rings is 2. The smallest absolute Gasteiger partial charge is 0.382 e. The van der Waals surface area contributed by atoms with Crippen LogP contribution >= 0.6 is 0 Å². The molecule has 3 N–H and O–H groups in total. The van der Waals surface area contributed by atoms with Gasteiger partial charge in [-0.1, -0.05) is 45.4 Å². The molecule has 71 heavy (non-hydrogen) atoms. The van der Waals surface area contributed by atoms with Gasteiger partial charge in [0.15, 0.2) is 5.82 Å². The largest absolute Gasteiger partial charge is 0.419 e. The summed E-state index contributed by atoms with van der Waals surface area (Å²) in [5.74, 6) is 0.551. The van der Waals surface area contributed by atoms with E-state index in [9.17, 15) is 44.3 Å². The van der Waals surface area contributed by atoms with Crippen molar-refractivity contribution in [2.45, 2.75) is 82.1 Å². The SMILES string of the molecule is C=C/C(=C\NCC(F)(F)F)c1nc(NC2CCN(S(=O)(=O)c3cccc(N4CCC(CN5CCN(c6ccc7c(N8CCC(=O)NC8=O)nn(C)c7c6)CC5)CC4)c3)CC2)ncc1C(F)(F)F.CCCC. The molecule has 0 unspecified atom stereocenters. The normalized spacial score (nSPS) is 18.6. The lowest BCUT2D eigenvalue weighted by atomic mass is 9.95. The Morgan fingerprint density at radius 2 is 1.55 bits per heavy atom. The number of amides is 3. The zero-order chi connectivity index (χ0) is 51.1. The number of urea groups is 1. The molecule has 16 nitrogen and oxygen atoms in total. The summed E-state index contributed by atoms with van der Waals surface area (Å²) in [5, 5.41) is 12.7. The maximum absolute atomic E-state index is 13.9. The van der Waals surface area contributed by atoms with Crippen LogP contribution in [-0.2, 0) is 28.0 Å². The van der Waals surface area contributed by atoms with E-state index in [2.05, 4.69) is 73.0 Å². The summed E-state index contributed by atoms with van der Waals surface area (Å²) in [4.78, 5) is 40.8. The Morgan fingerprint density at radius 1 is 0.873 bits per heavy atom. The minimum atomic E-state index is -4.90. The lowest BCUT2D eigenvalue weighted by Gasteiger charge is -2.40. The number of allylic oxidation sites excluding steroid dienone is 2. The molecule has 6 heterocycles. The van der Waals surface area contributed by atoms with Gasteiger partial charge in [0.05, 0.1) is 16.1 Å². The van der Waals surface area contributed by atoms with E-state index in [1.54, 1.807) is 22.9 Å². The third-order valence-electron chi connectivity index (χ3n) is 13.2. The molecule has 2 aromatic carbocycles. The Bertz CT molecular complexity index is 2650. The first-order valence-corrected chi connectivity index (χ1v) is 25.5. The number of hydrogen-bond acceptors (Lipinski definition) is 12. The van der Waals surface area contributed by atoms with E-state index in [1.165, 1.54) is 22.0 Å². The Kier molecular flexibility index (Phi) is 16.9. The predicted octanol–water partition coefficient (Wildman–Crippen LogP) is 7.62. The number of halogens is 6. The molecule has 4 aliphatic rings. The van der Waals surface area contributed by atoms with Gasteiger partial charge in [-0.3, -0.25) is 24.6 Å². The van der Waals surface area contributed by atoms with E-state index in [-0.39, 0.29) is 48.4 Å². The molecule has 0 radical (unpaired) electrons. The second-order valence-electron chi connectivity index (χ2n) is 18.2. The number of unbranched alkanes of at least 4 members (excludes halogenated alkanes) is 1. The molecule has 2 aromatic heterocycles. The fraction of sp³-hybridized carbons (Fsp3) is 0.521. The number of rotatable bonds is 14. The highest BCUT2D eigenvalue weighted by molar-refractivity contribution is 7.89. The van der Waals surface area contributed by atoms with E-state index in [4.69, 9.17) is 0 Å². The highest BCUT2D eigenvalue weighted by Gasteiger charge is 2.37. The van der Waals surface area contributed by atoms with Gasteiger partial charge < -0.3 is 20.4 Å². The van der Waals surface area contributed by atoms with Gasteiger partial charge in [-0.25, -0.2) is 23.2 Å². The number of hydrogen-bond donors (Lipinski definition) is 3. The van der Waals surface area contributed by atoms with Crippen LogP contribution in [0.25, 0.3) is 16.5 Å². The molecule has 0 saturated carbocycles. The zero-order valence-corrected chi connectivity index (χ0v) is 41.0. The number of sulfonamides is 1. The molecular formula is C48H62F6N12O4S. The summed E-state index contributed by atoms with van der Waals surface area (Å²) >= 11 is 0. The van der Waals surface area contributed by atoms with Crippen LogP contribution in [0, 0.1) is 5.92 Å². The topological polar surface area (TPSA) is 164 Å². The van der Waals surface area contributed by atoms with Gasteiger partial charge in [0, 0.05) is 120 Å². The monoisotopic (exact) mass is 1020 g/mol. The zero-order valence-electron chi connectivity index (χ0n) is 40.2. The number of anilines is 4. The van der Waals surface area contributed by atoms with Crippen LogP contribution in [0.1, 0.15) is 70.1 Å². The van der Waals surface area contributed by atoms with Gasteiger partial charge >= 0.3 is 18.4 Å². The van der Waals surface area contributed by atoms with Gasteiger partial charge in [-0.15, -0.1) is 0 Å². The maximum Gasteiger partial charge on any atom is 0.419 e. The molecule has 4 aliphatic heterocycles. The maximum atomic E-state index is 13.9. The standard InChI is InChI=1S/C44H52F6N12O4S.C4H10/c1-3-30(25-51-28-43(45,46)47)39-36(44(48,49)50)26-52-41(55-39)53-31-11-16-61(17-12-31)67(65,66)34-6-4-5-32(23-34)59-14-9-29(10-15-59)27-58-19-21-60(22-20-58)33-7-8-35-37(24-33)57(2)56-40(35)62-18-13-38(63)54-42(62)64;1-3-4-2/h3-8,23-26,29,31,51H,1,9-22,27-28H2,2H3,(H,52,53,55)(H,54,63,64);3-4H2,1-2H3/b30-25+;. The molecule has 4 saturated heterocycles. The van der Waals surface area contributed by atoms with Crippen LogP contribution in [0.5, 0.6) is 0 Å². The first kappa shape index (κ1) is 52.9. The molecule has 0 aliphatic carbocycles. The van der Waals surface area contributed by atoms with Crippen molar-refractivity contribution >= 4 is 61.6 Å². The summed E-state index contributed by atoms with van der Waals surface area (Å²) in [6.45, 7) is 13.0. The van der Waals surface area contributed by atoms with Gasteiger partial charge in [0.2, 0.25) is 21.9 Å². The van der Waals surface area contributed by atoms with Crippen molar-refractivity contribution in [3.8, 4) is 0 Å². The number of aryl methyl sites for hydroxylation is 1. The van der Waals surface area contributed by atoms with Gasteiger partial charge in [-0.05, 0) is 68.0 Å². The molecule has 8 rings (SSSR count). The van der Waals surface area contributed by atoms with Crippen molar-refractivity contribution in [1.82, 2.24) is 39.6 Å². The summed E-state index contributed by atoms with van der Waals surface area (Å²) in [5.41, 5.74) is 0.589. The summed E-state index contributed by atoms with van der Waals surface area (Å²) < 4.78 is 111. The number of aromatic nitrogens is 4. The highest BCUT2D eigenvalue weighted by Crippen LogP contribution is 2.36. The molecule has 4 aromatic rings. The Hall–Kier alpha value is -5.94. The minimum Gasteiger partial charge on any atom is -0.382 e. The van der Waals surface area contributed by atoms with Crippen molar-refractivity contribution in [2.24, 2.45) is 13.0 Å². The number of imide groups is 1. The Morgan fingerprint density at radius 3 is 2.18 bits per heavy atom. The van der Waals surface area contributed by atoms with E-state index in [0.29, 0.717) is 30.8 Å². The number of carbonyl (C=O) groups excluding carboxylic acids is 2. The molecule has 3 amide bonds. The number of alkyl halides is 6. The third-order valence-corrected chi connectivity index (χ3v) is 15.1. The van der Waals surface area contributed by atoms with Crippen molar-refractivity contribution in [1.29, 1.82) is 0 Å². The first-order valence-electron chi connectivity index (χ1n) is 24.0. The van der Waals surface area contributed by atoms with E-state index >= 15 is 0 Å². The second-order valence-corrected chi connectivity index (χ2v) is 20.1. The summed E-state index contributed by atoms with van der Waals surface area (Å²) in [7, 11) is -2.03. The summed E-state index contributed by atoms with van der Waals surface area (Å²) in [6.07, 6.45) is -1.83. The Labute approximate surface area is 410 Å². The van der Waals surface area contributed by atoms with Crippen LogP contribution in [0.3, 0.4) is 0 Å². The lowest BCUT2D eigenvalue weighted by Crippen LogP contribution is -2.49. The first-order chi connectivity index (χ1) is 33.8. The van der Waals surface area contributed by atoms with Crippen LogP contribution in [0.2, 0.25) is 0 Å². The number of piperidine rings is 2. The molecular weight excluding hydrogens is 955 g/mol. The van der Waals surface area contributed by atoms with Crippen molar-refractivity contribution in [3.63, 3.8) is 0 Å². The molecule has 23 heteroatoms. The molecule has 0 bridgehead atoms. The molecule has 0 atom stereocenters. The van der Waals surface area contributed by atoms with Crippen molar-refractivity contribution in [2.75, 3.05) is 92.0 Å². The molecule has 386 valence electrons. The van der Waals surface area contributed by atoms with Crippen LogP contribution in [0.15, 0.2) is 72.4 Å². The molecule has 4 fully saturated rings. The van der Waals surface area contributed by atoms with Crippen LogP contribution in [0.4, 0.5) is 54.3 Å². The van der Waals surface area contributed by atoms with E-state index in [0.717, 1.165) is 93.2 Å². The number of carbonyl (C=O) groups is 2. The fourth-order valence-corrected chi connectivity index (χ4v) is 10.6. The average Bonchev–Trinajstić information content (AvgIpc) is 3.67. The highest BCUT2D eigenvalue weighted by atomic mass is 32.2. The quantitative estimate of drug-likeness (QED) is 0.0838. The lowest BCUT2D eigenvalue weighted by molar-refractivity contribution is -0.138. The average molecular weight is 1020 g/mol. The Balaban J connectivity index is 0.00000178. The molecule has 0 spiro atoms. The number of piperazine rings is 1. The van der Waals surface area contributed by atoms with E-state index < -0.39 is 52.3 Å². The van der Waals surface area contributed by atoms with E-state index in [1.807, 2.05) is 24.5 Å². The fourth-order valence-electron chi connectivity index (χ4n) is 9.11. The van der Waals surface area contributed by atoms with Crippen LogP contribution < -0.4 is 30.7 Å². The van der Waals surface area contributed by atoms with Crippen molar-refractivity contribution < 1.29 is 44.3 Å². The van der Waals surface area contributed by atoms with Gasteiger partial charge in [0.1, 0.15) is 12.1 Å².